The van der Waals surface area contributed by atoms with Crippen LogP contribution in [0.2, 0.25) is 0 Å². The molecule has 0 fully saturated rings. The zero-order valence-corrected chi connectivity index (χ0v) is 10.5. The van der Waals surface area contributed by atoms with Gasteiger partial charge in [-0.1, -0.05) is 15.9 Å². The van der Waals surface area contributed by atoms with Crippen molar-refractivity contribution in [1.29, 1.82) is 0 Å². The SMILES string of the molecule is O=C(Nc1c(F)cc(Br)cc1F)c1ccncc1. The number of carbonyl (C=O) groups is 1. The van der Waals surface area contributed by atoms with Gasteiger partial charge < -0.3 is 5.32 Å². The Kier molecular flexibility index (Phi) is 3.66. The minimum Gasteiger partial charge on any atom is -0.317 e. The van der Waals surface area contributed by atoms with Crippen molar-refractivity contribution < 1.29 is 13.6 Å². The van der Waals surface area contributed by atoms with Crippen LogP contribution >= 0.6 is 15.9 Å². The second-order valence-electron chi connectivity index (χ2n) is 3.43. The fourth-order valence-corrected chi connectivity index (χ4v) is 1.75. The van der Waals surface area contributed by atoms with Gasteiger partial charge in [0.25, 0.3) is 5.91 Å². The third-order valence-corrected chi connectivity index (χ3v) is 2.65. The Morgan fingerprint density at radius 2 is 1.72 bits per heavy atom. The molecule has 0 bridgehead atoms. The van der Waals surface area contributed by atoms with E-state index in [1.165, 1.54) is 24.5 Å². The molecule has 0 radical (unpaired) electrons. The molecule has 0 atom stereocenters. The molecule has 18 heavy (non-hydrogen) atoms. The van der Waals surface area contributed by atoms with Crippen LogP contribution in [0.25, 0.3) is 0 Å². The van der Waals surface area contributed by atoms with Crippen LogP contribution in [-0.2, 0) is 0 Å². The molecular weight excluding hydrogens is 306 g/mol. The minimum absolute atomic E-state index is 0.263. The Morgan fingerprint density at radius 1 is 1.17 bits per heavy atom. The highest BCUT2D eigenvalue weighted by Gasteiger charge is 2.14. The van der Waals surface area contributed by atoms with Gasteiger partial charge in [0.1, 0.15) is 5.69 Å². The highest BCUT2D eigenvalue weighted by atomic mass is 79.9. The third-order valence-electron chi connectivity index (χ3n) is 2.19. The molecule has 2 rings (SSSR count). The molecule has 0 aliphatic carbocycles. The van der Waals surface area contributed by atoms with Crippen molar-refractivity contribution in [3.8, 4) is 0 Å². The highest BCUT2D eigenvalue weighted by molar-refractivity contribution is 9.10. The molecule has 0 unspecified atom stereocenters. The summed E-state index contributed by atoms with van der Waals surface area (Å²) in [6.45, 7) is 0. The molecule has 1 N–H and O–H groups in total. The molecule has 6 heteroatoms. The number of hydrogen-bond acceptors (Lipinski definition) is 2. The maximum Gasteiger partial charge on any atom is 0.255 e. The molecule has 1 aromatic carbocycles. The van der Waals surface area contributed by atoms with E-state index in [0.29, 0.717) is 0 Å². The number of benzene rings is 1. The lowest BCUT2D eigenvalue weighted by atomic mass is 10.2. The number of nitrogens with zero attached hydrogens (tertiary/aromatic N) is 1. The summed E-state index contributed by atoms with van der Waals surface area (Å²) in [6.07, 6.45) is 2.84. The average molecular weight is 313 g/mol. The van der Waals surface area contributed by atoms with Gasteiger partial charge in [0.2, 0.25) is 0 Å². The Morgan fingerprint density at radius 3 is 2.28 bits per heavy atom. The summed E-state index contributed by atoms with van der Waals surface area (Å²) >= 11 is 2.96. The number of pyridine rings is 1. The van der Waals surface area contributed by atoms with Crippen LogP contribution in [0.1, 0.15) is 10.4 Å². The van der Waals surface area contributed by atoms with Gasteiger partial charge >= 0.3 is 0 Å². The van der Waals surface area contributed by atoms with Crippen LogP contribution in [0.4, 0.5) is 14.5 Å². The molecule has 2 aromatic rings. The zero-order chi connectivity index (χ0) is 13.1. The molecule has 1 heterocycles. The molecule has 0 saturated carbocycles. The van der Waals surface area contributed by atoms with Crippen molar-refractivity contribution >= 4 is 27.5 Å². The lowest BCUT2D eigenvalue weighted by Crippen LogP contribution is -2.14. The predicted octanol–water partition coefficient (Wildman–Crippen LogP) is 3.37. The van der Waals surface area contributed by atoms with E-state index in [2.05, 4.69) is 26.2 Å². The van der Waals surface area contributed by atoms with Gasteiger partial charge in [-0.2, -0.15) is 0 Å². The standard InChI is InChI=1S/C12H7BrF2N2O/c13-8-5-9(14)11(10(15)6-8)17-12(18)7-1-3-16-4-2-7/h1-6H,(H,17,18). The Labute approximate surface area is 110 Å². The van der Waals surface area contributed by atoms with Crippen molar-refractivity contribution in [3.05, 3.63) is 58.3 Å². The topological polar surface area (TPSA) is 42.0 Å². The Balaban J connectivity index is 2.28. The second kappa shape index (κ2) is 5.22. The van der Waals surface area contributed by atoms with Crippen LogP contribution < -0.4 is 5.32 Å². The van der Waals surface area contributed by atoms with Gasteiger partial charge in [-0.3, -0.25) is 9.78 Å². The van der Waals surface area contributed by atoms with Crippen LogP contribution in [0, 0.1) is 11.6 Å². The molecule has 1 aromatic heterocycles. The first-order valence-electron chi connectivity index (χ1n) is 4.94. The molecule has 0 saturated heterocycles. The number of rotatable bonds is 2. The van der Waals surface area contributed by atoms with E-state index in [1.807, 2.05) is 0 Å². The number of anilines is 1. The van der Waals surface area contributed by atoms with E-state index in [-0.39, 0.29) is 10.0 Å². The van der Waals surface area contributed by atoms with Crippen molar-refractivity contribution in [1.82, 2.24) is 4.98 Å². The molecule has 0 spiro atoms. The molecular formula is C12H7BrF2N2O. The monoisotopic (exact) mass is 312 g/mol. The van der Waals surface area contributed by atoms with E-state index >= 15 is 0 Å². The summed E-state index contributed by atoms with van der Waals surface area (Å²) in [5.74, 6) is -2.29. The number of carbonyl (C=O) groups excluding carboxylic acids is 1. The maximum absolute atomic E-state index is 13.5. The number of nitrogens with one attached hydrogen (secondary N) is 1. The Hall–Kier alpha value is -1.82. The second-order valence-corrected chi connectivity index (χ2v) is 4.35. The van der Waals surface area contributed by atoms with Gasteiger partial charge in [0, 0.05) is 22.4 Å². The van der Waals surface area contributed by atoms with Crippen LogP contribution in [-0.4, -0.2) is 10.9 Å². The van der Waals surface area contributed by atoms with E-state index < -0.39 is 23.2 Å². The number of halogens is 3. The summed E-state index contributed by atoms with van der Waals surface area (Å²) < 4.78 is 27.2. The summed E-state index contributed by atoms with van der Waals surface area (Å²) in [6, 6.07) is 5.05. The van der Waals surface area contributed by atoms with Gasteiger partial charge in [-0.15, -0.1) is 0 Å². The quantitative estimate of drug-likeness (QED) is 0.923. The van der Waals surface area contributed by atoms with Gasteiger partial charge in [0.05, 0.1) is 0 Å². The lowest BCUT2D eigenvalue weighted by Gasteiger charge is -2.07. The third kappa shape index (κ3) is 2.70. The molecule has 92 valence electrons. The smallest absolute Gasteiger partial charge is 0.255 e. The Bertz CT molecular complexity index is 567. The largest absolute Gasteiger partial charge is 0.317 e. The van der Waals surface area contributed by atoms with Crippen LogP contribution in [0.3, 0.4) is 0 Å². The van der Waals surface area contributed by atoms with Gasteiger partial charge in [-0.25, -0.2) is 8.78 Å². The number of hydrogen-bond donors (Lipinski definition) is 1. The normalized spacial score (nSPS) is 10.2. The van der Waals surface area contributed by atoms with E-state index in [4.69, 9.17) is 0 Å². The number of amides is 1. The van der Waals surface area contributed by atoms with Crippen LogP contribution in [0.5, 0.6) is 0 Å². The fraction of sp³-hybridized carbons (Fsp3) is 0. The number of aromatic nitrogens is 1. The fourth-order valence-electron chi connectivity index (χ4n) is 1.35. The van der Waals surface area contributed by atoms with Crippen molar-refractivity contribution in [2.24, 2.45) is 0 Å². The molecule has 1 amide bonds. The summed E-state index contributed by atoms with van der Waals surface area (Å²) in [4.78, 5) is 15.5. The van der Waals surface area contributed by atoms with Gasteiger partial charge in [-0.05, 0) is 24.3 Å². The minimum atomic E-state index is -0.843. The van der Waals surface area contributed by atoms with Gasteiger partial charge in [0.15, 0.2) is 11.6 Å². The highest BCUT2D eigenvalue weighted by Crippen LogP contribution is 2.24. The summed E-state index contributed by atoms with van der Waals surface area (Å²) in [5, 5.41) is 2.18. The molecule has 0 aliphatic heterocycles. The predicted molar refractivity (Wildman–Crippen MR) is 66.2 cm³/mol. The summed E-state index contributed by atoms with van der Waals surface area (Å²) in [7, 11) is 0. The van der Waals surface area contributed by atoms with Crippen molar-refractivity contribution in [2.75, 3.05) is 5.32 Å². The molecule has 0 aliphatic rings. The molecule has 3 nitrogen and oxygen atoms in total. The van der Waals surface area contributed by atoms with Crippen molar-refractivity contribution in [3.63, 3.8) is 0 Å². The summed E-state index contributed by atoms with van der Waals surface area (Å²) in [5.41, 5.74) is -0.202. The van der Waals surface area contributed by atoms with E-state index in [9.17, 15) is 13.6 Å². The lowest BCUT2D eigenvalue weighted by molar-refractivity contribution is 0.102. The zero-order valence-electron chi connectivity index (χ0n) is 8.95. The van der Waals surface area contributed by atoms with E-state index in [0.717, 1.165) is 12.1 Å². The van der Waals surface area contributed by atoms with E-state index in [1.54, 1.807) is 0 Å². The first-order chi connectivity index (χ1) is 8.58. The first kappa shape index (κ1) is 12.6. The maximum atomic E-state index is 13.5. The van der Waals surface area contributed by atoms with Crippen molar-refractivity contribution in [2.45, 2.75) is 0 Å². The first-order valence-corrected chi connectivity index (χ1v) is 5.73. The van der Waals surface area contributed by atoms with Crippen LogP contribution in [0.15, 0.2) is 41.1 Å². The average Bonchev–Trinajstić information content (AvgIpc) is 2.34.